The summed E-state index contributed by atoms with van der Waals surface area (Å²) < 4.78 is 16.7. The predicted octanol–water partition coefficient (Wildman–Crippen LogP) is 15.8. The van der Waals surface area contributed by atoms with Crippen LogP contribution in [-0.2, 0) is 28.6 Å². The first-order valence-corrected chi connectivity index (χ1v) is 24.5. The van der Waals surface area contributed by atoms with Crippen LogP contribution >= 0.6 is 0 Å². The number of hydrogen-bond donors (Lipinski definition) is 0. The fourth-order valence-corrected chi connectivity index (χ4v) is 6.90. The zero-order valence-corrected chi connectivity index (χ0v) is 37.9. The zero-order valence-electron chi connectivity index (χ0n) is 37.9. The van der Waals surface area contributed by atoms with Crippen molar-refractivity contribution in [1.29, 1.82) is 0 Å². The van der Waals surface area contributed by atoms with Gasteiger partial charge in [-0.25, -0.2) is 0 Å². The van der Waals surface area contributed by atoms with Crippen molar-refractivity contribution in [2.24, 2.45) is 0 Å². The molecule has 0 N–H and O–H groups in total. The summed E-state index contributed by atoms with van der Waals surface area (Å²) in [6.07, 6.45) is 52.7. The smallest absolute Gasteiger partial charge is 0.306 e. The van der Waals surface area contributed by atoms with E-state index < -0.39 is 6.10 Å². The van der Waals surface area contributed by atoms with Crippen LogP contribution in [0.3, 0.4) is 0 Å². The van der Waals surface area contributed by atoms with Crippen LogP contribution in [0, 0.1) is 0 Å². The molecule has 0 aromatic rings. The van der Waals surface area contributed by atoms with Gasteiger partial charge in [-0.05, 0) is 89.9 Å². The van der Waals surface area contributed by atoms with E-state index in [-0.39, 0.29) is 31.1 Å². The van der Waals surface area contributed by atoms with Crippen molar-refractivity contribution in [3.63, 3.8) is 0 Å². The molecule has 6 nitrogen and oxygen atoms in total. The second kappa shape index (κ2) is 46.3. The lowest BCUT2D eigenvalue weighted by atomic mass is 10.1. The van der Waals surface area contributed by atoms with Crippen LogP contribution in [0.5, 0.6) is 0 Å². The molecule has 0 fully saturated rings. The molecule has 0 aliphatic rings. The quantitative estimate of drug-likeness (QED) is 0.0264. The van der Waals surface area contributed by atoms with E-state index in [9.17, 15) is 14.4 Å². The van der Waals surface area contributed by atoms with Gasteiger partial charge in [-0.3, -0.25) is 14.4 Å². The topological polar surface area (TPSA) is 78.9 Å². The molecular weight excluding hydrogens is 709 g/mol. The fourth-order valence-electron chi connectivity index (χ4n) is 6.90. The van der Waals surface area contributed by atoms with Crippen LogP contribution in [-0.4, -0.2) is 37.2 Å². The van der Waals surface area contributed by atoms with Gasteiger partial charge in [0.15, 0.2) is 6.10 Å². The minimum atomic E-state index is -0.779. The first-order valence-electron chi connectivity index (χ1n) is 24.5. The summed E-state index contributed by atoms with van der Waals surface area (Å²) in [4.78, 5) is 37.8. The number of carbonyl (C=O) groups excluding carboxylic acids is 3. The Balaban J connectivity index is 4.35. The van der Waals surface area contributed by atoms with E-state index in [2.05, 4.69) is 57.2 Å². The van der Waals surface area contributed by atoms with Gasteiger partial charge in [0.25, 0.3) is 0 Å². The van der Waals surface area contributed by atoms with Gasteiger partial charge in [0.05, 0.1) is 0 Å². The van der Waals surface area contributed by atoms with E-state index in [4.69, 9.17) is 14.2 Å². The van der Waals surface area contributed by atoms with Gasteiger partial charge in [-0.1, -0.05) is 179 Å². The van der Waals surface area contributed by atoms with Crippen LogP contribution in [0.2, 0.25) is 0 Å². The summed E-state index contributed by atoms with van der Waals surface area (Å²) in [6, 6.07) is 0. The molecule has 0 spiro atoms. The van der Waals surface area contributed by atoms with Crippen LogP contribution < -0.4 is 0 Å². The lowest BCUT2D eigenvalue weighted by Gasteiger charge is -2.18. The molecule has 1 atom stereocenters. The molecule has 0 saturated heterocycles. The summed E-state index contributed by atoms with van der Waals surface area (Å²) in [5, 5.41) is 0. The molecule has 0 amide bonds. The minimum absolute atomic E-state index is 0.0816. The lowest BCUT2D eigenvalue weighted by molar-refractivity contribution is -0.167. The van der Waals surface area contributed by atoms with Crippen molar-refractivity contribution in [2.45, 2.75) is 258 Å². The third-order valence-corrected chi connectivity index (χ3v) is 10.6. The second-order valence-corrected chi connectivity index (χ2v) is 16.3. The Morgan fingerprint density at radius 1 is 0.351 bits per heavy atom. The molecule has 1 unspecified atom stereocenters. The number of ether oxygens (including phenoxy) is 3. The average molecular weight is 801 g/mol. The summed E-state index contributed by atoms with van der Waals surface area (Å²) in [7, 11) is 0. The number of esters is 3. The van der Waals surface area contributed by atoms with Crippen molar-refractivity contribution < 1.29 is 28.6 Å². The molecule has 0 aromatic heterocycles. The van der Waals surface area contributed by atoms with Crippen LogP contribution in [0.25, 0.3) is 0 Å². The third-order valence-electron chi connectivity index (χ3n) is 10.6. The van der Waals surface area contributed by atoms with Crippen LogP contribution in [0.4, 0.5) is 0 Å². The van der Waals surface area contributed by atoms with Crippen molar-refractivity contribution >= 4 is 17.9 Å². The summed E-state index contributed by atoms with van der Waals surface area (Å²) >= 11 is 0. The molecule has 0 aliphatic carbocycles. The lowest BCUT2D eigenvalue weighted by Crippen LogP contribution is -2.30. The summed E-state index contributed by atoms with van der Waals surface area (Å²) in [5.41, 5.74) is 0. The number of carbonyl (C=O) groups is 3. The first kappa shape index (κ1) is 54.6. The van der Waals surface area contributed by atoms with Gasteiger partial charge >= 0.3 is 17.9 Å². The van der Waals surface area contributed by atoms with E-state index in [1.165, 1.54) is 122 Å². The van der Waals surface area contributed by atoms with Gasteiger partial charge in [0.1, 0.15) is 13.2 Å². The van der Waals surface area contributed by atoms with Crippen LogP contribution in [0.15, 0.2) is 36.5 Å². The average Bonchev–Trinajstić information content (AvgIpc) is 3.21. The summed E-state index contributed by atoms with van der Waals surface area (Å²) in [5.74, 6) is -0.906. The second-order valence-electron chi connectivity index (χ2n) is 16.3. The van der Waals surface area contributed by atoms with E-state index in [0.717, 1.165) is 89.9 Å². The third kappa shape index (κ3) is 44.6. The van der Waals surface area contributed by atoms with Gasteiger partial charge < -0.3 is 14.2 Å². The largest absolute Gasteiger partial charge is 0.462 e. The Morgan fingerprint density at radius 2 is 0.632 bits per heavy atom. The molecule has 57 heavy (non-hydrogen) atoms. The van der Waals surface area contributed by atoms with Crippen molar-refractivity contribution in [3.05, 3.63) is 36.5 Å². The van der Waals surface area contributed by atoms with Gasteiger partial charge in [0, 0.05) is 19.3 Å². The van der Waals surface area contributed by atoms with Crippen molar-refractivity contribution in [3.8, 4) is 0 Å². The van der Waals surface area contributed by atoms with Gasteiger partial charge in [-0.15, -0.1) is 0 Å². The van der Waals surface area contributed by atoms with Crippen molar-refractivity contribution in [1.82, 2.24) is 0 Å². The SMILES string of the molecule is CC/C=C\CCCCCCCC(=O)OCC(COC(=O)CCCCCCC/C=C\CCCCCCCC)OC(=O)CCCCCCC/C=C\CCCCCCCC. The number of rotatable bonds is 44. The predicted molar refractivity (Wildman–Crippen MR) is 242 cm³/mol. The normalized spacial score (nSPS) is 12.3. The molecule has 0 rings (SSSR count). The van der Waals surface area contributed by atoms with Gasteiger partial charge in [0.2, 0.25) is 0 Å². The number of unbranched alkanes of at least 4 members (excludes halogenated alkanes) is 27. The highest BCUT2D eigenvalue weighted by Crippen LogP contribution is 2.14. The Morgan fingerprint density at radius 3 is 0.965 bits per heavy atom. The Labute approximate surface area is 353 Å². The highest BCUT2D eigenvalue weighted by atomic mass is 16.6. The molecule has 0 aliphatic heterocycles. The molecule has 6 heteroatoms. The highest BCUT2D eigenvalue weighted by molar-refractivity contribution is 5.71. The monoisotopic (exact) mass is 801 g/mol. The molecular formula is C51H92O6. The molecule has 0 saturated carbocycles. The Kier molecular flexibility index (Phi) is 44.4. The maximum atomic E-state index is 12.7. The van der Waals surface area contributed by atoms with Gasteiger partial charge in [-0.2, -0.15) is 0 Å². The molecule has 0 radical (unpaired) electrons. The number of allylic oxidation sites excluding steroid dienone is 6. The minimum Gasteiger partial charge on any atom is -0.462 e. The highest BCUT2D eigenvalue weighted by Gasteiger charge is 2.19. The fraction of sp³-hybridized carbons (Fsp3) is 0.824. The molecule has 0 heterocycles. The molecule has 332 valence electrons. The molecule has 0 bridgehead atoms. The van der Waals surface area contributed by atoms with E-state index >= 15 is 0 Å². The van der Waals surface area contributed by atoms with E-state index in [1.54, 1.807) is 0 Å². The number of hydrogen-bond acceptors (Lipinski definition) is 6. The Hall–Kier alpha value is -2.37. The maximum absolute atomic E-state index is 12.7. The van der Waals surface area contributed by atoms with E-state index in [1.807, 2.05) is 0 Å². The van der Waals surface area contributed by atoms with E-state index in [0.29, 0.717) is 19.3 Å². The maximum Gasteiger partial charge on any atom is 0.306 e. The Bertz CT molecular complexity index is 969. The molecule has 0 aromatic carbocycles. The first-order chi connectivity index (χ1) is 28.0. The zero-order chi connectivity index (χ0) is 41.5. The van der Waals surface area contributed by atoms with Crippen molar-refractivity contribution in [2.75, 3.05) is 13.2 Å². The van der Waals surface area contributed by atoms with Crippen LogP contribution in [0.1, 0.15) is 252 Å². The standard InChI is InChI=1S/C51H92O6/c1-4-7-10-13-16-19-21-23-25-27-29-32-35-38-41-44-50(53)56-47-48(46-55-49(52)43-40-37-34-31-18-15-12-9-6-3)57-51(54)45-42-39-36-33-30-28-26-24-22-20-17-14-11-8-5-2/h9,12,23-26,48H,4-8,10-11,13-22,27-47H2,1-3H3/b12-9-,25-23-,26-24-. The summed E-state index contributed by atoms with van der Waals surface area (Å²) in [6.45, 7) is 6.51.